The summed E-state index contributed by atoms with van der Waals surface area (Å²) >= 11 is 0. The number of carbonyl (C=O) groups excluding carboxylic acids is 1. The summed E-state index contributed by atoms with van der Waals surface area (Å²) < 4.78 is 0. The van der Waals surface area contributed by atoms with Crippen LogP contribution in [0.25, 0.3) is 0 Å². The molecule has 1 fully saturated rings. The van der Waals surface area contributed by atoms with Crippen LogP contribution in [0.2, 0.25) is 0 Å². The summed E-state index contributed by atoms with van der Waals surface area (Å²) in [4.78, 5) is 26.2. The first-order chi connectivity index (χ1) is 7.84. The van der Waals surface area contributed by atoms with E-state index in [1.165, 1.54) is 9.80 Å². The average Bonchev–Trinajstić information content (AvgIpc) is 2.57. The number of carboxylic acid groups (broad SMARTS) is 1. The Morgan fingerprint density at radius 3 is 2.59 bits per heavy atom. The minimum Gasteiger partial charge on any atom is -0.480 e. The van der Waals surface area contributed by atoms with E-state index in [2.05, 4.69) is 6.58 Å². The van der Waals surface area contributed by atoms with Crippen LogP contribution in [-0.2, 0) is 4.79 Å². The van der Waals surface area contributed by atoms with Gasteiger partial charge in [-0.1, -0.05) is 19.1 Å². The SMILES string of the molecule is C=C(C)CN(C)C(=O)N1CCC(C)C1C(=O)O. The monoisotopic (exact) mass is 240 g/mol. The highest BCUT2D eigenvalue weighted by atomic mass is 16.4. The lowest BCUT2D eigenvalue weighted by atomic mass is 10.0. The fourth-order valence-electron chi connectivity index (χ4n) is 2.23. The van der Waals surface area contributed by atoms with Gasteiger partial charge in [-0.25, -0.2) is 9.59 Å². The lowest BCUT2D eigenvalue weighted by molar-refractivity contribution is -0.142. The molecule has 0 radical (unpaired) electrons. The Bertz CT molecular complexity index is 341. The molecule has 2 amide bonds. The van der Waals surface area contributed by atoms with Crippen LogP contribution in [0.4, 0.5) is 4.79 Å². The highest BCUT2D eigenvalue weighted by Gasteiger charge is 2.40. The molecule has 5 heteroatoms. The molecule has 0 bridgehead atoms. The van der Waals surface area contributed by atoms with Gasteiger partial charge in [-0.2, -0.15) is 0 Å². The average molecular weight is 240 g/mol. The Balaban J connectivity index is 2.75. The normalized spacial score (nSPS) is 23.6. The number of aliphatic carboxylic acids is 1. The molecule has 1 aliphatic heterocycles. The molecule has 0 aromatic heterocycles. The highest BCUT2D eigenvalue weighted by Crippen LogP contribution is 2.25. The van der Waals surface area contributed by atoms with Gasteiger partial charge < -0.3 is 14.9 Å². The molecular formula is C12H20N2O3. The fraction of sp³-hybridized carbons (Fsp3) is 0.667. The predicted molar refractivity (Wildman–Crippen MR) is 64.8 cm³/mol. The largest absolute Gasteiger partial charge is 0.480 e. The van der Waals surface area contributed by atoms with E-state index in [1.807, 2.05) is 13.8 Å². The van der Waals surface area contributed by atoms with E-state index in [4.69, 9.17) is 5.11 Å². The van der Waals surface area contributed by atoms with Crippen molar-refractivity contribution in [1.29, 1.82) is 0 Å². The Kier molecular flexibility index (Phi) is 4.15. The van der Waals surface area contributed by atoms with Crippen molar-refractivity contribution < 1.29 is 14.7 Å². The standard InChI is InChI=1S/C12H20N2O3/c1-8(2)7-13(4)12(17)14-6-5-9(3)10(14)11(15)16/h9-10H,1,5-7H2,2-4H3,(H,15,16). The van der Waals surface area contributed by atoms with Gasteiger partial charge in [0.25, 0.3) is 0 Å². The maximum Gasteiger partial charge on any atom is 0.326 e. The second-order valence-corrected chi connectivity index (χ2v) is 4.84. The number of urea groups is 1. The van der Waals surface area contributed by atoms with E-state index in [1.54, 1.807) is 7.05 Å². The van der Waals surface area contributed by atoms with Gasteiger partial charge >= 0.3 is 12.0 Å². The summed E-state index contributed by atoms with van der Waals surface area (Å²) in [6, 6.07) is -0.931. The number of likely N-dealkylation sites (tertiary alicyclic amines) is 1. The van der Waals surface area contributed by atoms with E-state index < -0.39 is 12.0 Å². The number of carbonyl (C=O) groups is 2. The van der Waals surface area contributed by atoms with E-state index >= 15 is 0 Å². The topological polar surface area (TPSA) is 60.9 Å². The molecule has 96 valence electrons. The highest BCUT2D eigenvalue weighted by molar-refractivity contribution is 5.83. The van der Waals surface area contributed by atoms with E-state index in [0.29, 0.717) is 13.1 Å². The third-order valence-electron chi connectivity index (χ3n) is 3.03. The van der Waals surface area contributed by atoms with Crippen LogP contribution in [0.15, 0.2) is 12.2 Å². The van der Waals surface area contributed by atoms with E-state index in [9.17, 15) is 9.59 Å². The van der Waals surface area contributed by atoms with Crippen molar-refractivity contribution in [2.75, 3.05) is 20.1 Å². The molecule has 0 aromatic carbocycles. The van der Waals surface area contributed by atoms with Crippen LogP contribution in [0, 0.1) is 5.92 Å². The van der Waals surface area contributed by atoms with Crippen molar-refractivity contribution in [2.45, 2.75) is 26.3 Å². The van der Waals surface area contributed by atoms with Gasteiger partial charge in [0.15, 0.2) is 0 Å². The van der Waals surface area contributed by atoms with Crippen LogP contribution in [0.3, 0.4) is 0 Å². The third kappa shape index (κ3) is 2.99. The summed E-state index contributed by atoms with van der Waals surface area (Å²) in [5, 5.41) is 9.14. The van der Waals surface area contributed by atoms with Gasteiger partial charge in [-0.05, 0) is 19.3 Å². The molecule has 1 heterocycles. The first-order valence-corrected chi connectivity index (χ1v) is 5.73. The van der Waals surface area contributed by atoms with Crippen LogP contribution in [0.1, 0.15) is 20.3 Å². The van der Waals surface area contributed by atoms with Gasteiger partial charge in [0.05, 0.1) is 0 Å². The summed E-state index contributed by atoms with van der Waals surface area (Å²) in [5.41, 5.74) is 0.875. The maximum absolute atomic E-state index is 12.1. The summed E-state index contributed by atoms with van der Waals surface area (Å²) in [7, 11) is 1.67. The predicted octanol–water partition coefficient (Wildman–Crippen LogP) is 1.41. The van der Waals surface area contributed by atoms with E-state index in [0.717, 1.165) is 12.0 Å². The van der Waals surface area contributed by atoms with Crippen molar-refractivity contribution in [2.24, 2.45) is 5.92 Å². The second kappa shape index (κ2) is 5.21. The zero-order valence-electron chi connectivity index (χ0n) is 10.6. The molecule has 5 nitrogen and oxygen atoms in total. The van der Waals surface area contributed by atoms with E-state index in [-0.39, 0.29) is 11.9 Å². The molecule has 2 atom stereocenters. The van der Waals surface area contributed by atoms with Crippen LogP contribution < -0.4 is 0 Å². The second-order valence-electron chi connectivity index (χ2n) is 4.84. The summed E-state index contributed by atoms with van der Waals surface area (Å²) in [5.74, 6) is -0.915. The van der Waals surface area contributed by atoms with Gasteiger partial charge in [0.1, 0.15) is 6.04 Å². The number of hydrogen-bond acceptors (Lipinski definition) is 2. The number of hydrogen-bond donors (Lipinski definition) is 1. The zero-order chi connectivity index (χ0) is 13.2. The number of carboxylic acids is 1. The third-order valence-corrected chi connectivity index (χ3v) is 3.03. The zero-order valence-corrected chi connectivity index (χ0v) is 10.6. The number of nitrogens with zero attached hydrogens (tertiary/aromatic N) is 2. The fourth-order valence-corrected chi connectivity index (χ4v) is 2.23. The van der Waals surface area contributed by atoms with Crippen LogP contribution in [0.5, 0.6) is 0 Å². The molecule has 1 rings (SSSR count). The lowest BCUT2D eigenvalue weighted by Crippen LogP contribution is -2.48. The molecule has 0 saturated carbocycles. The number of rotatable bonds is 3. The molecule has 17 heavy (non-hydrogen) atoms. The van der Waals surface area contributed by atoms with Crippen LogP contribution >= 0.6 is 0 Å². The molecule has 2 unspecified atom stereocenters. The quantitative estimate of drug-likeness (QED) is 0.759. The molecule has 1 saturated heterocycles. The van der Waals surface area contributed by atoms with Gasteiger partial charge in [0, 0.05) is 20.1 Å². The van der Waals surface area contributed by atoms with Crippen molar-refractivity contribution in [1.82, 2.24) is 9.80 Å². The molecule has 1 aliphatic rings. The smallest absolute Gasteiger partial charge is 0.326 e. The van der Waals surface area contributed by atoms with Crippen LogP contribution in [-0.4, -0.2) is 53.1 Å². The van der Waals surface area contributed by atoms with Crippen molar-refractivity contribution in [3.63, 3.8) is 0 Å². The molecule has 0 spiro atoms. The number of amides is 2. The Hall–Kier alpha value is -1.52. The van der Waals surface area contributed by atoms with Gasteiger partial charge in [-0.3, -0.25) is 0 Å². The minimum absolute atomic E-state index is 0.00896. The maximum atomic E-state index is 12.1. The summed E-state index contributed by atoms with van der Waals surface area (Å²) in [6.45, 7) is 8.41. The van der Waals surface area contributed by atoms with Gasteiger partial charge in [0.2, 0.25) is 0 Å². The Morgan fingerprint density at radius 1 is 1.53 bits per heavy atom. The molecular weight excluding hydrogens is 220 g/mol. The first-order valence-electron chi connectivity index (χ1n) is 5.73. The first kappa shape index (κ1) is 13.5. The van der Waals surface area contributed by atoms with Crippen molar-refractivity contribution >= 4 is 12.0 Å². The van der Waals surface area contributed by atoms with Crippen molar-refractivity contribution in [3.8, 4) is 0 Å². The number of likely N-dealkylation sites (N-methyl/N-ethyl adjacent to an activating group) is 1. The van der Waals surface area contributed by atoms with Crippen molar-refractivity contribution in [3.05, 3.63) is 12.2 Å². The Labute approximate surface area is 102 Å². The molecule has 0 aromatic rings. The molecule has 1 N–H and O–H groups in total. The minimum atomic E-state index is -0.924. The van der Waals surface area contributed by atoms with Gasteiger partial charge in [-0.15, -0.1) is 0 Å². The molecule has 0 aliphatic carbocycles. The lowest BCUT2D eigenvalue weighted by Gasteiger charge is -2.28. The summed E-state index contributed by atoms with van der Waals surface area (Å²) in [6.07, 6.45) is 0.740. The Morgan fingerprint density at radius 2 is 2.12 bits per heavy atom.